The van der Waals surface area contributed by atoms with Gasteiger partial charge < -0.3 is 10.1 Å². The smallest absolute Gasteiger partial charge is 0.321 e. The molecular weight excluding hydrogens is 300 g/mol. The maximum atomic E-state index is 11.6. The zero-order chi connectivity index (χ0) is 13.7. The van der Waals surface area contributed by atoms with E-state index in [0.717, 1.165) is 10.0 Å². The van der Waals surface area contributed by atoms with Crippen LogP contribution < -0.4 is 15.4 Å². The molecule has 1 aromatic carbocycles. The quantitative estimate of drug-likeness (QED) is 0.896. The highest BCUT2D eigenvalue weighted by molar-refractivity contribution is 9.10. The number of carbonyl (C=O) groups excluding carboxylic acids is 2. The van der Waals surface area contributed by atoms with Gasteiger partial charge in [-0.1, -0.05) is 22.0 Å². The van der Waals surface area contributed by atoms with Crippen LogP contribution in [-0.4, -0.2) is 25.1 Å². The molecule has 18 heavy (non-hydrogen) atoms. The molecule has 0 aliphatic heterocycles. The highest BCUT2D eigenvalue weighted by atomic mass is 79.9. The van der Waals surface area contributed by atoms with Crippen molar-refractivity contribution in [3.05, 3.63) is 28.2 Å². The lowest BCUT2D eigenvalue weighted by atomic mass is 10.2. The lowest BCUT2D eigenvalue weighted by molar-refractivity contribution is -0.126. The van der Waals surface area contributed by atoms with Crippen molar-refractivity contribution in [2.75, 3.05) is 7.05 Å². The summed E-state index contributed by atoms with van der Waals surface area (Å²) in [4.78, 5) is 22.6. The molecule has 0 saturated heterocycles. The van der Waals surface area contributed by atoms with Gasteiger partial charge in [0.2, 0.25) is 0 Å². The molecule has 0 aromatic heterocycles. The number of urea groups is 1. The SMILES string of the molecule is CNC(=O)NC(=O)C(C)Oc1cc(Br)ccc1C. The lowest BCUT2D eigenvalue weighted by Gasteiger charge is -2.15. The number of ether oxygens (including phenoxy) is 1. The van der Waals surface area contributed by atoms with Gasteiger partial charge in [0.15, 0.2) is 6.10 Å². The van der Waals surface area contributed by atoms with Gasteiger partial charge in [0.25, 0.3) is 5.91 Å². The van der Waals surface area contributed by atoms with E-state index in [1.165, 1.54) is 7.05 Å². The lowest BCUT2D eigenvalue weighted by Crippen LogP contribution is -2.44. The van der Waals surface area contributed by atoms with E-state index in [9.17, 15) is 9.59 Å². The summed E-state index contributed by atoms with van der Waals surface area (Å²) in [5, 5.41) is 4.46. The average Bonchev–Trinajstić information content (AvgIpc) is 2.33. The Hall–Kier alpha value is -1.56. The Morgan fingerprint density at radius 1 is 1.39 bits per heavy atom. The van der Waals surface area contributed by atoms with E-state index < -0.39 is 18.0 Å². The predicted octanol–water partition coefficient (Wildman–Crippen LogP) is 1.98. The molecule has 3 amide bonds. The number of halogens is 1. The molecule has 0 spiro atoms. The van der Waals surface area contributed by atoms with E-state index in [0.29, 0.717) is 5.75 Å². The van der Waals surface area contributed by atoms with Gasteiger partial charge in [-0.05, 0) is 31.5 Å². The van der Waals surface area contributed by atoms with Crippen molar-refractivity contribution in [1.29, 1.82) is 0 Å². The molecule has 0 fully saturated rings. The van der Waals surface area contributed by atoms with Crippen LogP contribution in [-0.2, 0) is 4.79 Å². The highest BCUT2D eigenvalue weighted by Gasteiger charge is 2.17. The van der Waals surface area contributed by atoms with Crippen molar-refractivity contribution in [1.82, 2.24) is 10.6 Å². The monoisotopic (exact) mass is 314 g/mol. The van der Waals surface area contributed by atoms with E-state index in [1.807, 2.05) is 19.1 Å². The zero-order valence-corrected chi connectivity index (χ0v) is 12.0. The van der Waals surface area contributed by atoms with Crippen LogP contribution in [0.2, 0.25) is 0 Å². The first-order chi connectivity index (χ1) is 8.43. The number of amides is 3. The number of imide groups is 1. The molecule has 0 heterocycles. The molecule has 0 saturated carbocycles. The van der Waals surface area contributed by atoms with Gasteiger partial charge in [-0.2, -0.15) is 0 Å². The van der Waals surface area contributed by atoms with Gasteiger partial charge >= 0.3 is 6.03 Å². The number of hydrogen-bond donors (Lipinski definition) is 2. The van der Waals surface area contributed by atoms with Crippen LogP contribution in [0.4, 0.5) is 4.79 Å². The standard InChI is InChI=1S/C12H15BrN2O3/c1-7-4-5-9(13)6-10(7)18-8(2)11(16)15-12(17)14-3/h4-6,8H,1-3H3,(H2,14,15,16,17). The molecule has 2 N–H and O–H groups in total. The second-order valence-electron chi connectivity index (χ2n) is 3.74. The molecule has 1 rings (SSSR count). The minimum atomic E-state index is -0.754. The van der Waals surface area contributed by atoms with Gasteiger partial charge in [-0.25, -0.2) is 4.79 Å². The fraction of sp³-hybridized carbons (Fsp3) is 0.333. The third-order valence-electron chi connectivity index (χ3n) is 2.29. The van der Waals surface area contributed by atoms with Crippen LogP contribution in [0.15, 0.2) is 22.7 Å². The second kappa shape index (κ2) is 6.39. The Balaban J connectivity index is 2.69. The van der Waals surface area contributed by atoms with Crippen LogP contribution in [0.25, 0.3) is 0 Å². The van der Waals surface area contributed by atoms with Gasteiger partial charge in [0.05, 0.1) is 0 Å². The van der Waals surface area contributed by atoms with Crippen LogP contribution in [0.5, 0.6) is 5.75 Å². The summed E-state index contributed by atoms with van der Waals surface area (Å²) in [5.74, 6) is 0.109. The molecule has 0 aliphatic carbocycles. The van der Waals surface area contributed by atoms with Crippen LogP contribution in [0.3, 0.4) is 0 Å². The van der Waals surface area contributed by atoms with Crippen molar-refractivity contribution in [2.45, 2.75) is 20.0 Å². The first-order valence-corrected chi connectivity index (χ1v) is 6.18. The van der Waals surface area contributed by atoms with Crippen molar-refractivity contribution in [2.24, 2.45) is 0 Å². The molecule has 98 valence electrons. The van der Waals surface area contributed by atoms with E-state index in [-0.39, 0.29) is 0 Å². The fourth-order valence-electron chi connectivity index (χ4n) is 1.22. The Bertz CT molecular complexity index is 463. The third kappa shape index (κ3) is 4.03. The summed E-state index contributed by atoms with van der Waals surface area (Å²) < 4.78 is 6.37. The summed E-state index contributed by atoms with van der Waals surface area (Å²) in [6.07, 6.45) is -0.754. The van der Waals surface area contributed by atoms with Crippen LogP contribution in [0.1, 0.15) is 12.5 Å². The molecule has 0 radical (unpaired) electrons. The number of hydrogen-bond acceptors (Lipinski definition) is 3. The van der Waals surface area contributed by atoms with Crippen molar-refractivity contribution >= 4 is 27.9 Å². The highest BCUT2D eigenvalue weighted by Crippen LogP contribution is 2.23. The molecule has 1 unspecified atom stereocenters. The van der Waals surface area contributed by atoms with Crippen LogP contribution in [0, 0.1) is 6.92 Å². The number of rotatable bonds is 3. The molecule has 1 atom stereocenters. The van der Waals surface area contributed by atoms with Gasteiger partial charge in [0, 0.05) is 11.5 Å². The first kappa shape index (κ1) is 14.5. The minimum absolute atomic E-state index is 0.492. The van der Waals surface area contributed by atoms with Gasteiger partial charge in [-0.3, -0.25) is 10.1 Å². The molecule has 5 nitrogen and oxygen atoms in total. The Labute approximate surface area is 114 Å². The fourth-order valence-corrected chi connectivity index (χ4v) is 1.56. The molecular formula is C12H15BrN2O3. The zero-order valence-electron chi connectivity index (χ0n) is 10.4. The summed E-state index contributed by atoms with van der Waals surface area (Å²) in [6.45, 7) is 3.46. The number of carbonyl (C=O) groups is 2. The Morgan fingerprint density at radius 3 is 2.67 bits per heavy atom. The number of nitrogens with one attached hydrogen (secondary N) is 2. The minimum Gasteiger partial charge on any atom is -0.481 e. The van der Waals surface area contributed by atoms with Gasteiger partial charge in [0.1, 0.15) is 5.75 Å². The van der Waals surface area contributed by atoms with Gasteiger partial charge in [-0.15, -0.1) is 0 Å². The number of aryl methyl sites for hydroxylation is 1. The summed E-state index contributed by atoms with van der Waals surface area (Å²) in [6, 6.07) is 4.99. The summed E-state index contributed by atoms with van der Waals surface area (Å²) in [5.41, 5.74) is 0.915. The topological polar surface area (TPSA) is 67.4 Å². The van der Waals surface area contributed by atoms with E-state index in [4.69, 9.17) is 4.74 Å². The summed E-state index contributed by atoms with van der Waals surface area (Å²) >= 11 is 3.33. The molecule has 6 heteroatoms. The Morgan fingerprint density at radius 2 is 2.06 bits per heavy atom. The van der Waals surface area contributed by atoms with Crippen LogP contribution >= 0.6 is 15.9 Å². The maximum absolute atomic E-state index is 11.6. The van der Waals surface area contributed by atoms with E-state index >= 15 is 0 Å². The van der Waals surface area contributed by atoms with Crippen molar-refractivity contribution in [3.63, 3.8) is 0 Å². The van der Waals surface area contributed by atoms with Crippen molar-refractivity contribution in [3.8, 4) is 5.75 Å². The molecule has 1 aromatic rings. The van der Waals surface area contributed by atoms with E-state index in [2.05, 4.69) is 26.6 Å². The Kier molecular flexibility index (Phi) is 5.15. The normalized spacial score (nSPS) is 11.6. The van der Waals surface area contributed by atoms with E-state index in [1.54, 1.807) is 13.0 Å². The molecule has 0 bridgehead atoms. The average molecular weight is 315 g/mol. The molecule has 0 aliphatic rings. The maximum Gasteiger partial charge on any atom is 0.321 e. The summed E-state index contributed by atoms with van der Waals surface area (Å²) in [7, 11) is 1.44. The number of benzene rings is 1. The first-order valence-electron chi connectivity index (χ1n) is 5.39. The van der Waals surface area contributed by atoms with Crippen molar-refractivity contribution < 1.29 is 14.3 Å². The largest absolute Gasteiger partial charge is 0.481 e. The predicted molar refractivity (Wildman–Crippen MR) is 71.6 cm³/mol. The second-order valence-corrected chi connectivity index (χ2v) is 4.65. The third-order valence-corrected chi connectivity index (χ3v) is 2.78.